The Morgan fingerprint density at radius 1 is 1.40 bits per heavy atom. The van der Waals surface area contributed by atoms with Gasteiger partial charge in [-0.05, 0) is 30.7 Å². The fraction of sp³-hybridized carbons (Fsp3) is 0.154. The van der Waals surface area contributed by atoms with Crippen LogP contribution in [0.25, 0.3) is 11.3 Å². The van der Waals surface area contributed by atoms with Crippen LogP contribution in [0.1, 0.15) is 16.1 Å². The summed E-state index contributed by atoms with van der Waals surface area (Å²) in [6.45, 7) is 1.79. The van der Waals surface area contributed by atoms with Crippen molar-refractivity contribution in [1.29, 1.82) is 0 Å². The molecule has 0 spiro atoms. The molecule has 2 aromatic rings. The van der Waals surface area contributed by atoms with Crippen molar-refractivity contribution in [3.63, 3.8) is 0 Å². The van der Waals surface area contributed by atoms with Crippen LogP contribution in [0.15, 0.2) is 30.3 Å². The highest BCUT2D eigenvalue weighted by Crippen LogP contribution is 2.23. The van der Waals surface area contributed by atoms with Crippen molar-refractivity contribution in [2.75, 3.05) is 11.2 Å². The minimum absolute atomic E-state index is 0.0211. The lowest BCUT2D eigenvalue weighted by molar-refractivity contribution is 0.1000. The van der Waals surface area contributed by atoms with E-state index in [4.69, 9.17) is 10.3 Å². The third-order valence-corrected chi connectivity index (χ3v) is 3.27. The summed E-state index contributed by atoms with van der Waals surface area (Å²) >= 11 is -1.88. The van der Waals surface area contributed by atoms with Crippen molar-refractivity contribution in [2.45, 2.75) is 6.92 Å². The van der Waals surface area contributed by atoms with Crippen LogP contribution in [0.5, 0.6) is 0 Å². The number of carbonyl (C=O) groups excluding carboxylic acids is 1. The number of hydrogen-bond donors (Lipinski definition) is 4. The zero-order valence-electron chi connectivity index (χ0n) is 10.8. The molecule has 7 heteroatoms. The summed E-state index contributed by atoms with van der Waals surface area (Å²) in [4.78, 5) is 14.3. The molecule has 1 aromatic carbocycles. The topological polar surface area (TPSA) is 108 Å². The Labute approximate surface area is 118 Å². The number of carbonyl (C=O) groups is 1. The van der Waals surface area contributed by atoms with E-state index in [0.29, 0.717) is 5.56 Å². The summed E-state index contributed by atoms with van der Waals surface area (Å²) in [6.07, 6.45) is 0. The van der Waals surface area contributed by atoms with Gasteiger partial charge in [0.05, 0.1) is 5.56 Å². The third kappa shape index (κ3) is 3.25. The maximum atomic E-state index is 11.2. The number of nitrogens with two attached hydrogens (primary N) is 1. The maximum Gasteiger partial charge on any atom is 0.250 e. The lowest BCUT2D eigenvalue weighted by atomic mass is 10.1. The van der Waals surface area contributed by atoms with Crippen LogP contribution in [0.4, 0.5) is 5.69 Å². The van der Waals surface area contributed by atoms with Gasteiger partial charge in [0.2, 0.25) is 0 Å². The molecular weight excluding hydrogens is 278 g/mol. The lowest BCUT2D eigenvalue weighted by Gasteiger charge is -2.04. The summed E-state index contributed by atoms with van der Waals surface area (Å²) in [6, 6.07) is 8.99. The summed E-state index contributed by atoms with van der Waals surface area (Å²) in [7, 11) is 0. The first-order valence-electron chi connectivity index (χ1n) is 5.88. The van der Waals surface area contributed by atoms with Gasteiger partial charge in [-0.15, -0.1) is 0 Å². The quantitative estimate of drug-likeness (QED) is 0.629. The van der Waals surface area contributed by atoms with Gasteiger partial charge in [0.1, 0.15) is 5.88 Å². The normalized spacial score (nSPS) is 12.1. The predicted octanol–water partition coefficient (Wildman–Crippen LogP) is 1.68. The number of hydrogen-bond acceptors (Lipinski definition) is 3. The molecule has 1 aromatic heterocycles. The molecule has 1 unspecified atom stereocenters. The second-order valence-corrected chi connectivity index (χ2v) is 5.24. The molecular formula is C13H15N3O3S. The van der Waals surface area contributed by atoms with Crippen LogP contribution in [0.3, 0.4) is 0 Å². The molecule has 0 radical (unpaired) electrons. The monoisotopic (exact) mass is 293 g/mol. The molecule has 0 aliphatic rings. The largest absolute Gasteiger partial charge is 0.372 e. The molecule has 0 saturated carbocycles. The van der Waals surface area contributed by atoms with Gasteiger partial charge in [-0.25, -0.2) is 4.21 Å². The standard InChI is InChI=1S/C13H15N3O3S/c1-8-11(13(14)17)6-12(16-8)9-2-4-10(5-3-9)15-7-20(18)19/h2-6,15-16H,7H2,1H3,(H2,14,17)(H,18,19). The fourth-order valence-electron chi connectivity index (χ4n) is 1.88. The van der Waals surface area contributed by atoms with Crippen molar-refractivity contribution >= 4 is 22.7 Å². The van der Waals surface area contributed by atoms with Crippen LogP contribution < -0.4 is 11.1 Å². The van der Waals surface area contributed by atoms with Crippen LogP contribution >= 0.6 is 0 Å². The summed E-state index contributed by atoms with van der Waals surface area (Å²) in [5.41, 5.74) is 8.92. The van der Waals surface area contributed by atoms with Crippen LogP contribution in [0.2, 0.25) is 0 Å². The summed E-state index contributed by atoms with van der Waals surface area (Å²) < 4.78 is 19.3. The molecule has 106 valence electrons. The second-order valence-electron chi connectivity index (χ2n) is 4.31. The third-order valence-electron chi connectivity index (χ3n) is 2.88. The van der Waals surface area contributed by atoms with Gasteiger partial charge in [-0.2, -0.15) is 0 Å². The molecule has 1 amide bonds. The minimum atomic E-state index is -1.88. The Balaban J connectivity index is 2.19. The summed E-state index contributed by atoms with van der Waals surface area (Å²) in [5, 5.41) is 2.82. The van der Waals surface area contributed by atoms with Crippen molar-refractivity contribution in [1.82, 2.24) is 4.98 Å². The number of benzene rings is 1. The number of anilines is 1. The van der Waals surface area contributed by atoms with Gasteiger partial charge in [-0.1, -0.05) is 12.1 Å². The number of aryl methyl sites for hydroxylation is 1. The van der Waals surface area contributed by atoms with E-state index in [0.717, 1.165) is 22.6 Å². The Hall–Kier alpha value is -2.12. The van der Waals surface area contributed by atoms with Gasteiger partial charge < -0.3 is 20.6 Å². The number of rotatable bonds is 5. The van der Waals surface area contributed by atoms with Crippen molar-refractivity contribution in [3.8, 4) is 11.3 Å². The number of primary amides is 1. The Kier molecular flexibility index (Phi) is 4.21. The minimum Gasteiger partial charge on any atom is -0.372 e. The maximum absolute atomic E-state index is 11.2. The van der Waals surface area contributed by atoms with E-state index in [1.54, 1.807) is 25.1 Å². The Morgan fingerprint density at radius 2 is 2.05 bits per heavy atom. The van der Waals surface area contributed by atoms with E-state index in [-0.39, 0.29) is 5.88 Å². The van der Waals surface area contributed by atoms with E-state index in [1.807, 2.05) is 12.1 Å². The molecule has 0 aliphatic carbocycles. The first kappa shape index (κ1) is 14.3. The van der Waals surface area contributed by atoms with E-state index >= 15 is 0 Å². The number of nitrogens with one attached hydrogen (secondary N) is 2. The first-order chi connectivity index (χ1) is 9.47. The molecule has 0 aliphatic heterocycles. The molecule has 0 saturated heterocycles. The molecule has 2 rings (SSSR count). The van der Waals surface area contributed by atoms with E-state index in [2.05, 4.69) is 10.3 Å². The molecule has 1 atom stereocenters. The molecule has 0 fully saturated rings. The molecule has 20 heavy (non-hydrogen) atoms. The predicted molar refractivity (Wildman–Crippen MR) is 78.7 cm³/mol. The van der Waals surface area contributed by atoms with E-state index < -0.39 is 17.0 Å². The highest BCUT2D eigenvalue weighted by molar-refractivity contribution is 7.79. The van der Waals surface area contributed by atoms with E-state index in [9.17, 15) is 9.00 Å². The Bertz CT molecular complexity index is 649. The van der Waals surface area contributed by atoms with Gasteiger partial charge >= 0.3 is 0 Å². The molecule has 5 N–H and O–H groups in total. The van der Waals surface area contributed by atoms with E-state index in [1.165, 1.54) is 0 Å². The first-order valence-corrected chi connectivity index (χ1v) is 7.16. The average molecular weight is 293 g/mol. The number of aromatic nitrogens is 1. The average Bonchev–Trinajstić information content (AvgIpc) is 2.79. The number of amides is 1. The second kappa shape index (κ2) is 5.89. The highest BCUT2D eigenvalue weighted by Gasteiger charge is 2.10. The smallest absolute Gasteiger partial charge is 0.250 e. The summed E-state index contributed by atoms with van der Waals surface area (Å²) in [5.74, 6) is -0.485. The Morgan fingerprint density at radius 3 is 2.55 bits per heavy atom. The fourth-order valence-corrected chi connectivity index (χ4v) is 2.17. The zero-order valence-corrected chi connectivity index (χ0v) is 11.7. The van der Waals surface area contributed by atoms with Gasteiger partial charge in [0, 0.05) is 17.1 Å². The van der Waals surface area contributed by atoms with Crippen LogP contribution in [-0.4, -0.2) is 25.5 Å². The van der Waals surface area contributed by atoms with Crippen LogP contribution in [0, 0.1) is 6.92 Å². The number of aromatic amines is 1. The van der Waals surface area contributed by atoms with Crippen molar-refractivity contribution in [2.24, 2.45) is 5.73 Å². The highest BCUT2D eigenvalue weighted by atomic mass is 32.2. The molecule has 1 heterocycles. The molecule has 0 bridgehead atoms. The van der Waals surface area contributed by atoms with Crippen molar-refractivity contribution < 1.29 is 13.6 Å². The van der Waals surface area contributed by atoms with Gasteiger partial charge in [0.25, 0.3) is 5.91 Å². The number of H-pyrrole nitrogens is 1. The SMILES string of the molecule is Cc1[nH]c(-c2ccc(NCS(=O)O)cc2)cc1C(N)=O. The molecule has 6 nitrogen and oxygen atoms in total. The van der Waals surface area contributed by atoms with Crippen molar-refractivity contribution in [3.05, 3.63) is 41.6 Å². The van der Waals surface area contributed by atoms with Crippen LogP contribution in [-0.2, 0) is 11.1 Å². The van der Waals surface area contributed by atoms with Gasteiger partial charge in [0.15, 0.2) is 11.1 Å². The van der Waals surface area contributed by atoms with Gasteiger partial charge in [-0.3, -0.25) is 4.79 Å². The lowest BCUT2D eigenvalue weighted by Crippen LogP contribution is -2.10. The zero-order chi connectivity index (χ0) is 14.7.